The van der Waals surface area contributed by atoms with Crippen molar-refractivity contribution in [2.75, 3.05) is 50.7 Å². The van der Waals surface area contributed by atoms with Crippen molar-refractivity contribution in [3.63, 3.8) is 0 Å². The molecule has 0 radical (unpaired) electrons. The van der Waals surface area contributed by atoms with Gasteiger partial charge in [0.05, 0.1) is 0 Å². The van der Waals surface area contributed by atoms with Gasteiger partial charge >= 0.3 is 0 Å². The fraction of sp³-hybridized carbons (Fsp3) is 0.632. The summed E-state index contributed by atoms with van der Waals surface area (Å²) in [4.78, 5) is 17.2. The van der Waals surface area contributed by atoms with Gasteiger partial charge in [0.1, 0.15) is 0 Å². The van der Waals surface area contributed by atoms with E-state index in [4.69, 9.17) is 0 Å². The average Bonchev–Trinajstić information content (AvgIpc) is 2.67. The molecule has 1 atom stereocenters. The number of piperidine rings is 1. The van der Waals surface area contributed by atoms with Crippen LogP contribution in [0, 0.1) is 5.92 Å². The Bertz CT molecular complexity index is 513. The van der Waals surface area contributed by atoms with Crippen LogP contribution in [-0.4, -0.2) is 62.7 Å². The zero-order valence-corrected chi connectivity index (χ0v) is 15.9. The number of nitrogens with one attached hydrogen (secondary N) is 2. The Labute approximate surface area is 157 Å². The molecule has 140 valence electrons. The summed E-state index contributed by atoms with van der Waals surface area (Å²) in [6.45, 7) is 9.13. The quantitative estimate of drug-likeness (QED) is 0.833. The molecule has 2 fully saturated rings. The van der Waals surface area contributed by atoms with Crippen molar-refractivity contribution in [2.24, 2.45) is 5.92 Å². The fourth-order valence-corrected chi connectivity index (χ4v) is 3.67. The second kappa shape index (κ2) is 10.00. The first-order valence-corrected chi connectivity index (χ1v) is 9.26. The number of anilines is 1. The molecule has 0 bridgehead atoms. The predicted octanol–water partition coefficient (Wildman–Crippen LogP) is 1.73. The van der Waals surface area contributed by atoms with Gasteiger partial charge in [-0.3, -0.25) is 9.69 Å². The summed E-state index contributed by atoms with van der Waals surface area (Å²) in [5.74, 6) is 0.444. The number of carbonyl (C=O) groups is 1. The summed E-state index contributed by atoms with van der Waals surface area (Å²) < 4.78 is 0. The molecule has 2 aliphatic rings. The normalized spacial score (nSPS) is 20.6. The van der Waals surface area contributed by atoms with Crippen molar-refractivity contribution >= 4 is 24.0 Å². The third kappa shape index (κ3) is 5.59. The van der Waals surface area contributed by atoms with Gasteiger partial charge in [0.15, 0.2) is 0 Å². The summed E-state index contributed by atoms with van der Waals surface area (Å²) in [6.07, 6.45) is 1.94. The summed E-state index contributed by atoms with van der Waals surface area (Å²) in [5, 5.41) is 6.48. The average molecular weight is 367 g/mol. The van der Waals surface area contributed by atoms with Gasteiger partial charge in [-0.15, -0.1) is 12.4 Å². The van der Waals surface area contributed by atoms with Crippen molar-refractivity contribution in [1.82, 2.24) is 15.5 Å². The largest absolute Gasteiger partial charge is 0.369 e. The Hall–Kier alpha value is -1.30. The van der Waals surface area contributed by atoms with Crippen LogP contribution in [0.5, 0.6) is 0 Å². The molecule has 6 heteroatoms. The van der Waals surface area contributed by atoms with Gasteiger partial charge in [-0.1, -0.05) is 18.2 Å². The molecule has 1 unspecified atom stereocenters. The lowest BCUT2D eigenvalue weighted by Gasteiger charge is -2.39. The van der Waals surface area contributed by atoms with E-state index in [0.29, 0.717) is 6.04 Å². The standard InChI is InChI=1S/C19H30N4O.ClH/c1-16(15-21-19(24)17-7-9-20-10-8-17)22-11-13-23(14-12-22)18-5-3-2-4-6-18;/h2-6,16-17,20H,7-15H2,1H3,(H,21,24);1H. The number of para-hydroxylation sites is 1. The Kier molecular flexibility index (Phi) is 8.00. The van der Waals surface area contributed by atoms with Gasteiger partial charge in [-0.2, -0.15) is 0 Å². The van der Waals surface area contributed by atoms with Crippen LogP contribution < -0.4 is 15.5 Å². The lowest BCUT2D eigenvalue weighted by molar-refractivity contribution is -0.126. The molecule has 1 aromatic carbocycles. The van der Waals surface area contributed by atoms with Crippen molar-refractivity contribution in [2.45, 2.75) is 25.8 Å². The smallest absolute Gasteiger partial charge is 0.223 e. The molecule has 2 heterocycles. The van der Waals surface area contributed by atoms with Crippen LogP contribution >= 0.6 is 12.4 Å². The topological polar surface area (TPSA) is 47.6 Å². The van der Waals surface area contributed by atoms with Crippen LogP contribution in [0.2, 0.25) is 0 Å². The Balaban J connectivity index is 0.00000225. The van der Waals surface area contributed by atoms with Crippen molar-refractivity contribution in [3.05, 3.63) is 30.3 Å². The van der Waals surface area contributed by atoms with Gasteiger partial charge in [0.25, 0.3) is 0 Å². The highest BCUT2D eigenvalue weighted by Gasteiger charge is 2.24. The molecule has 0 spiro atoms. The molecule has 5 nitrogen and oxygen atoms in total. The van der Waals surface area contributed by atoms with Gasteiger partial charge in [-0.05, 0) is 45.0 Å². The number of nitrogens with zero attached hydrogens (tertiary/aromatic N) is 2. The number of rotatable bonds is 5. The van der Waals surface area contributed by atoms with Gasteiger partial charge in [0, 0.05) is 50.4 Å². The molecule has 25 heavy (non-hydrogen) atoms. The summed E-state index contributed by atoms with van der Waals surface area (Å²) in [7, 11) is 0. The van der Waals surface area contributed by atoms with Crippen LogP contribution in [0.1, 0.15) is 19.8 Å². The lowest BCUT2D eigenvalue weighted by Crippen LogP contribution is -2.53. The zero-order valence-electron chi connectivity index (χ0n) is 15.1. The first-order chi connectivity index (χ1) is 11.7. The van der Waals surface area contributed by atoms with E-state index in [0.717, 1.165) is 58.7 Å². The number of piperazine rings is 1. The Morgan fingerprint density at radius 3 is 2.44 bits per heavy atom. The van der Waals surface area contributed by atoms with E-state index in [1.807, 2.05) is 0 Å². The van der Waals surface area contributed by atoms with Crippen molar-refractivity contribution in [1.29, 1.82) is 0 Å². The van der Waals surface area contributed by atoms with E-state index in [1.165, 1.54) is 5.69 Å². The molecular weight excluding hydrogens is 336 g/mol. The van der Waals surface area contributed by atoms with E-state index in [9.17, 15) is 4.79 Å². The van der Waals surface area contributed by atoms with E-state index in [-0.39, 0.29) is 24.2 Å². The van der Waals surface area contributed by atoms with Gasteiger partial charge < -0.3 is 15.5 Å². The molecule has 1 aromatic rings. The van der Waals surface area contributed by atoms with Crippen LogP contribution in [-0.2, 0) is 4.79 Å². The lowest BCUT2D eigenvalue weighted by atomic mass is 9.97. The monoisotopic (exact) mass is 366 g/mol. The number of hydrogen-bond donors (Lipinski definition) is 2. The number of carbonyl (C=O) groups excluding carboxylic acids is 1. The summed E-state index contributed by atoms with van der Waals surface area (Å²) >= 11 is 0. The highest BCUT2D eigenvalue weighted by atomic mass is 35.5. The number of amides is 1. The molecule has 0 saturated carbocycles. The van der Waals surface area contributed by atoms with Crippen LogP contribution in [0.25, 0.3) is 0 Å². The van der Waals surface area contributed by atoms with Crippen LogP contribution in [0.3, 0.4) is 0 Å². The molecule has 2 saturated heterocycles. The van der Waals surface area contributed by atoms with Gasteiger partial charge in [-0.25, -0.2) is 0 Å². The molecule has 0 aromatic heterocycles. The van der Waals surface area contributed by atoms with Crippen molar-refractivity contribution in [3.8, 4) is 0 Å². The number of halogens is 1. The number of benzene rings is 1. The zero-order chi connectivity index (χ0) is 16.8. The SMILES string of the molecule is CC(CNC(=O)C1CCNCC1)N1CCN(c2ccccc2)CC1.Cl. The first-order valence-electron chi connectivity index (χ1n) is 9.26. The molecule has 0 aliphatic carbocycles. The van der Waals surface area contributed by atoms with Crippen LogP contribution in [0.15, 0.2) is 30.3 Å². The third-order valence-electron chi connectivity index (χ3n) is 5.34. The van der Waals surface area contributed by atoms with Crippen LogP contribution in [0.4, 0.5) is 5.69 Å². The highest BCUT2D eigenvalue weighted by molar-refractivity contribution is 5.85. The fourth-order valence-electron chi connectivity index (χ4n) is 3.67. The second-order valence-electron chi connectivity index (χ2n) is 6.98. The minimum Gasteiger partial charge on any atom is -0.369 e. The molecule has 2 N–H and O–H groups in total. The number of hydrogen-bond acceptors (Lipinski definition) is 4. The maximum atomic E-state index is 12.3. The summed E-state index contributed by atoms with van der Waals surface area (Å²) in [5.41, 5.74) is 1.31. The third-order valence-corrected chi connectivity index (χ3v) is 5.34. The highest BCUT2D eigenvalue weighted by Crippen LogP contribution is 2.16. The summed E-state index contributed by atoms with van der Waals surface area (Å²) in [6, 6.07) is 11.0. The molecule has 1 amide bonds. The minimum absolute atomic E-state index is 0. The Morgan fingerprint density at radius 2 is 1.80 bits per heavy atom. The maximum absolute atomic E-state index is 12.3. The Morgan fingerprint density at radius 1 is 1.16 bits per heavy atom. The second-order valence-corrected chi connectivity index (χ2v) is 6.98. The molecular formula is C19H31ClN4O. The van der Waals surface area contributed by atoms with E-state index in [1.54, 1.807) is 0 Å². The van der Waals surface area contributed by atoms with Crippen molar-refractivity contribution < 1.29 is 4.79 Å². The first kappa shape index (κ1) is 20.0. The van der Waals surface area contributed by atoms with Gasteiger partial charge in [0.2, 0.25) is 5.91 Å². The minimum atomic E-state index is 0. The predicted molar refractivity (Wildman–Crippen MR) is 106 cm³/mol. The van der Waals surface area contributed by atoms with E-state index in [2.05, 4.69) is 57.7 Å². The molecule has 3 rings (SSSR count). The maximum Gasteiger partial charge on any atom is 0.223 e. The molecule has 2 aliphatic heterocycles. The van der Waals surface area contributed by atoms with E-state index >= 15 is 0 Å². The van der Waals surface area contributed by atoms with E-state index < -0.39 is 0 Å².